The molecule has 0 amide bonds. The first kappa shape index (κ1) is 15.9. The highest BCUT2D eigenvalue weighted by molar-refractivity contribution is 7.09. The second-order valence-corrected chi connectivity index (χ2v) is 6.34. The van der Waals surface area contributed by atoms with Gasteiger partial charge in [0.1, 0.15) is 0 Å². The second-order valence-electron chi connectivity index (χ2n) is 5.40. The molecule has 1 aliphatic rings. The van der Waals surface area contributed by atoms with Gasteiger partial charge in [0.2, 0.25) is 0 Å². The molecule has 2 atom stereocenters. The molecule has 0 aromatic carbocycles. The van der Waals surface area contributed by atoms with Crippen LogP contribution in [-0.2, 0) is 11.2 Å². The fourth-order valence-corrected chi connectivity index (χ4v) is 2.82. The maximum absolute atomic E-state index is 9.75. The van der Waals surface area contributed by atoms with Gasteiger partial charge in [-0.05, 0) is 25.7 Å². The minimum atomic E-state index is -0.524. The fourth-order valence-electron chi connectivity index (χ4n) is 2.05. The van der Waals surface area contributed by atoms with Crippen molar-refractivity contribution in [2.45, 2.75) is 38.4 Å². The van der Waals surface area contributed by atoms with Crippen molar-refractivity contribution in [2.24, 2.45) is 5.92 Å². The maximum atomic E-state index is 9.75. The molecular weight excluding hydrogens is 276 g/mol. The molecule has 1 aromatic heterocycles. The number of aryl methyl sites for hydroxylation is 1. The van der Waals surface area contributed by atoms with Crippen LogP contribution < -0.4 is 5.32 Å². The molecule has 3 N–H and O–H groups in total. The molecule has 6 heteroatoms. The summed E-state index contributed by atoms with van der Waals surface area (Å²) in [6, 6.07) is 0. The van der Waals surface area contributed by atoms with Crippen LogP contribution >= 0.6 is 11.3 Å². The average Bonchev–Trinajstić information content (AvgIpc) is 3.19. The summed E-state index contributed by atoms with van der Waals surface area (Å²) in [5, 5.41) is 22.5. The van der Waals surface area contributed by atoms with Gasteiger partial charge in [0.25, 0.3) is 0 Å². The number of hydrogen-bond donors (Lipinski definition) is 3. The molecule has 1 heterocycles. The summed E-state index contributed by atoms with van der Waals surface area (Å²) in [5.41, 5.74) is 2.91. The van der Waals surface area contributed by atoms with E-state index in [9.17, 15) is 10.2 Å². The van der Waals surface area contributed by atoms with E-state index in [1.165, 1.54) is 4.88 Å². The van der Waals surface area contributed by atoms with Crippen LogP contribution in [0.1, 0.15) is 23.4 Å². The van der Waals surface area contributed by atoms with Crippen molar-refractivity contribution in [3.8, 4) is 0 Å². The minimum absolute atomic E-state index is 0.266. The molecule has 5 nitrogen and oxygen atoms in total. The van der Waals surface area contributed by atoms with E-state index in [1.807, 2.05) is 12.4 Å². The molecule has 114 valence electrons. The monoisotopic (exact) mass is 300 g/mol. The van der Waals surface area contributed by atoms with Crippen LogP contribution in [0.4, 0.5) is 0 Å². The van der Waals surface area contributed by atoms with E-state index in [0.29, 0.717) is 32.2 Å². The highest BCUT2D eigenvalue weighted by Gasteiger charge is 2.29. The van der Waals surface area contributed by atoms with Crippen LogP contribution in [0.15, 0.2) is 5.51 Å². The normalized spacial score (nSPS) is 18.1. The van der Waals surface area contributed by atoms with Crippen molar-refractivity contribution < 1.29 is 14.9 Å². The van der Waals surface area contributed by atoms with Crippen molar-refractivity contribution in [1.82, 2.24) is 10.3 Å². The molecule has 0 saturated heterocycles. The Morgan fingerprint density at radius 1 is 1.45 bits per heavy atom. The molecular formula is C14H24N2O3S. The van der Waals surface area contributed by atoms with Crippen LogP contribution in [0.25, 0.3) is 0 Å². The smallest absolute Gasteiger partial charge is 0.0897 e. The number of aliphatic hydroxyl groups excluding tert-OH is 2. The van der Waals surface area contributed by atoms with Gasteiger partial charge in [0.15, 0.2) is 0 Å². The van der Waals surface area contributed by atoms with E-state index in [4.69, 9.17) is 4.74 Å². The Labute approximate surface area is 124 Å². The first-order valence-electron chi connectivity index (χ1n) is 7.20. The van der Waals surface area contributed by atoms with Crippen LogP contribution in [0.5, 0.6) is 0 Å². The van der Waals surface area contributed by atoms with E-state index in [1.54, 1.807) is 11.3 Å². The Hall–Kier alpha value is -0.530. The first-order valence-corrected chi connectivity index (χ1v) is 8.08. The first-order chi connectivity index (χ1) is 9.66. The fraction of sp³-hybridized carbons (Fsp3) is 0.786. The number of nitrogens with zero attached hydrogens (tertiary/aromatic N) is 1. The van der Waals surface area contributed by atoms with Crippen molar-refractivity contribution in [2.75, 3.05) is 26.3 Å². The maximum Gasteiger partial charge on any atom is 0.0897 e. The Morgan fingerprint density at radius 2 is 2.25 bits per heavy atom. The molecule has 1 fully saturated rings. The number of ether oxygens (including phenoxy) is 1. The van der Waals surface area contributed by atoms with Crippen LogP contribution in [0.2, 0.25) is 0 Å². The molecule has 0 aliphatic heterocycles. The van der Waals surface area contributed by atoms with Crippen LogP contribution in [-0.4, -0.2) is 53.7 Å². The summed E-state index contributed by atoms with van der Waals surface area (Å²) in [5.74, 6) is 0.471. The zero-order valence-electron chi connectivity index (χ0n) is 11.9. The topological polar surface area (TPSA) is 74.6 Å². The molecule has 2 unspecified atom stereocenters. The average molecular weight is 300 g/mol. The summed E-state index contributed by atoms with van der Waals surface area (Å²) in [7, 11) is 0. The zero-order chi connectivity index (χ0) is 14.4. The summed E-state index contributed by atoms with van der Waals surface area (Å²) in [6.45, 7) is 3.94. The summed E-state index contributed by atoms with van der Waals surface area (Å²) in [4.78, 5) is 5.43. The summed E-state index contributed by atoms with van der Waals surface area (Å²) >= 11 is 1.64. The van der Waals surface area contributed by atoms with Gasteiger partial charge in [0.05, 0.1) is 36.6 Å². The molecule has 1 saturated carbocycles. The number of rotatable bonds is 10. The standard InChI is InChI=1S/C14H24N2O3S/c1-10-14(20-9-16-10)4-5-19-8-12(17)6-15-7-13(18)11-2-3-11/h9,11-13,15,17-18H,2-8H2,1H3. The van der Waals surface area contributed by atoms with Crippen LogP contribution in [0, 0.1) is 12.8 Å². The third kappa shape index (κ3) is 5.46. The Kier molecular flexibility index (Phi) is 6.38. The second kappa shape index (κ2) is 8.05. The van der Waals surface area contributed by atoms with Crippen molar-refractivity contribution in [3.05, 3.63) is 16.1 Å². The summed E-state index contributed by atoms with van der Waals surface area (Å²) < 4.78 is 5.47. The van der Waals surface area contributed by atoms with E-state index >= 15 is 0 Å². The molecule has 0 radical (unpaired) electrons. The number of aliphatic hydroxyl groups is 2. The highest BCUT2D eigenvalue weighted by Crippen LogP contribution is 2.32. The lowest BCUT2D eigenvalue weighted by atomic mass is 10.2. The molecule has 1 aliphatic carbocycles. The van der Waals surface area contributed by atoms with E-state index in [2.05, 4.69) is 10.3 Å². The number of aromatic nitrogens is 1. The Balaban J connectivity index is 1.47. The lowest BCUT2D eigenvalue weighted by Crippen LogP contribution is -2.36. The Morgan fingerprint density at radius 3 is 2.90 bits per heavy atom. The van der Waals surface area contributed by atoms with Gasteiger partial charge in [-0.3, -0.25) is 0 Å². The van der Waals surface area contributed by atoms with Gasteiger partial charge in [-0.2, -0.15) is 0 Å². The zero-order valence-corrected chi connectivity index (χ0v) is 12.7. The van der Waals surface area contributed by atoms with Crippen molar-refractivity contribution in [1.29, 1.82) is 0 Å². The van der Waals surface area contributed by atoms with E-state index in [-0.39, 0.29) is 6.10 Å². The number of hydrogen-bond acceptors (Lipinski definition) is 6. The van der Waals surface area contributed by atoms with Gasteiger partial charge in [-0.15, -0.1) is 11.3 Å². The molecule has 0 bridgehead atoms. The minimum Gasteiger partial charge on any atom is -0.392 e. The lowest BCUT2D eigenvalue weighted by molar-refractivity contribution is 0.0362. The predicted octanol–water partition coefficient (Wildman–Crippen LogP) is 0.732. The van der Waals surface area contributed by atoms with Gasteiger partial charge < -0.3 is 20.3 Å². The van der Waals surface area contributed by atoms with Crippen molar-refractivity contribution in [3.63, 3.8) is 0 Å². The van der Waals surface area contributed by atoms with Gasteiger partial charge in [0, 0.05) is 24.4 Å². The van der Waals surface area contributed by atoms with Gasteiger partial charge in [-0.1, -0.05) is 0 Å². The van der Waals surface area contributed by atoms with Crippen LogP contribution in [0.3, 0.4) is 0 Å². The van der Waals surface area contributed by atoms with Gasteiger partial charge in [-0.25, -0.2) is 4.98 Å². The quantitative estimate of drug-likeness (QED) is 0.556. The molecule has 1 aromatic rings. The molecule has 0 spiro atoms. The lowest BCUT2D eigenvalue weighted by Gasteiger charge is -2.14. The number of nitrogens with one attached hydrogen (secondary N) is 1. The molecule has 20 heavy (non-hydrogen) atoms. The van der Waals surface area contributed by atoms with E-state index in [0.717, 1.165) is 25.0 Å². The third-order valence-corrected chi connectivity index (χ3v) is 4.52. The SMILES string of the molecule is Cc1ncsc1CCOCC(O)CNCC(O)C1CC1. The number of thiazole rings is 1. The largest absolute Gasteiger partial charge is 0.392 e. The molecule has 2 rings (SSSR count). The third-order valence-electron chi connectivity index (χ3n) is 3.53. The van der Waals surface area contributed by atoms with Crippen molar-refractivity contribution >= 4 is 11.3 Å². The predicted molar refractivity (Wildman–Crippen MR) is 79.0 cm³/mol. The van der Waals surface area contributed by atoms with E-state index < -0.39 is 6.10 Å². The Bertz CT molecular complexity index is 396. The highest BCUT2D eigenvalue weighted by atomic mass is 32.1. The van der Waals surface area contributed by atoms with Gasteiger partial charge >= 0.3 is 0 Å². The summed E-state index contributed by atoms with van der Waals surface area (Å²) in [6.07, 6.45) is 2.31.